The first-order chi connectivity index (χ1) is 24.3. The summed E-state index contributed by atoms with van der Waals surface area (Å²) in [5, 5.41) is 9.57. The minimum Gasteiger partial charge on any atom is -0.208 e. The van der Waals surface area contributed by atoms with Gasteiger partial charge in [0.15, 0.2) is 17.5 Å². The molecule has 0 amide bonds. The maximum Gasteiger partial charge on any atom is 0.165 e. The summed E-state index contributed by atoms with van der Waals surface area (Å²) in [4.78, 5) is 15.5. The van der Waals surface area contributed by atoms with Gasteiger partial charge in [-0.3, -0.25) is 0 Å². The Balaban J connectivity index is 1.16. The van der Waals surface area contributed by atoms with Crippen LogP contribution in [0.15, 0.2) is 164 Å². The first kappa shape index (κ1) is 27.8. The van der Waals surface area contributed by atoms with Crippen molar-refractivity contribution < 1.29 is 0 Å². The second kappa shape index (κ2) is 11.2. The molecule has 3 nitrogen and oxygen atoms in total. The van der Waals surface area contributed by atoms with Gasteiger partial charge >= 0.3 is 0 Å². The average Bonchev–Trinajstić information content (AvgIpc) is 3.56. The van der Waals surface area contributed by atoms with E-state index in [9.17, 15) is 0 Å². The lowest BCUT2D eigenvalue weighted by Crippen LogP contribution is -2.00. The Morgan fingerprint density at radius 2 is 0.837 bits per heavy atom. The summed E-state index contributed by atoms with van der Waals surface area (Å²) in [7, 11) is 0. The van der Waals surface area contributed by atoms with Crippen LogP contribution in [0.2, 0.25) is 0 Å². The van der Waals surface area contributed by atoms with Crippen molar-refractivity contribution in [3.8, 4) is 45.3 Å². The molecule has 8 aromatic carbocycles. The molecule has 2 heterocycles. The van der Waals surface area contributed by atoms with E-state index in [2.05, 4.69) is 164 Å². The number of rotatable bonds is 4. The zero-order chi connectivity index (χ0) is 32.3. The number of aromatic nitrogens is 3. The highest BCUT2D eigenvalue weighted by molar-refractivity contribution is 7.26. The fourth-order valence-corrected chi connectivity index (χ4v) is 8.33. The Labute approximate surface area is 286 Å². The van der Waals surface area contributed by atoms with Crippen LogP contribution in [0.4, 0.5) is 0 Å². The van der Waals surface area contributed by atoms with Gasteiger partial charge in [-0.1, -0.05) is 140 Å². The van der Waals surface area contributed by atoms with E-state index in [0.29, 0.717) is 17.5 Å². The third-order valence-corrected chi connectivity index (χ3v) is 10.7. The quantitative estimate of drug-likeness (QED) is 0.192. The Hall–Kier alpha value is -6.23. The molecule has 0 unspecified atom stereocenters. The van der Waals surface area contributed by atoms with Crippen molar-refractivity contribution >= 4 is 63.8 Å². The lowest BCUT2D eigenvalue weighted by Gasteiger charge is -2.12. The fourth-order valence-electron chi connectivity index (χ4n) is 7.12. The van der Waals surface area contributed by atoms with E-state index in [1.165, 1.54) is 47.5 Å². The van der Waals surface area contributed by atoms with E-state index in [-0.39, 0.29) is 0 Å². The number of benzene rings is 8. The van der Waals surface area contributed by atoms with Crippen LogP contribution in [-0.4, -0.2) is 15.0 Å². The maximum absolute atomic E-state index is 5.19. The Bertz CT molecular complexity index is 2890. The molecule has 49 heavy (non-hydrogen) atoms. The molecule has 0 bridgehead atoms. The number of hydrogen-bond acceptors (Lipinski definition) is 4. The van der Waals surface area contributed by atoms with Crippen molar-refractivity contribution in [1.82, 2.24) is 15.0 Å². The van der Waals surface area contributed by atoms with Gasteiger partial charge in [0.1, 0.15) is 0 Å². The van der Waals surface area contributed by atoms with Crippen LogP contribution in [-0.2, 0) is 0 Å². The molecule has 0 spiro atoms. The monoisotopic (exact) mass is 641 g/mol. The van der Waals surface area contributed by atoms with E-state index in [0.717, 1.165) is 32.8 Å². The molecule has 0 N–H and O–H groups in total. The summed E-state index contributed by atoms with van der Waals surface area (Å²) < 4.78 is 2.44. The smallest absolute Gasteiger partial charge is 0.165 e. The first-order valence-electron chi connectivity index (χ1n) is 16.4. The predicted molar refractivity (Wildman–Crippen MR) is 207 cm³/mol. The van der Waals surface area contributed by atoms with Gasteiger partial charge in [0.25, 0.3) is 0 Å². The summed E-state index contributed by atoms with van der Waals surface area (Å²) in [6.45, 7) is 0. The molecule has 228 valence electrons. The van der Waals surface area contributed by atoms with Gasteiger partial charge in [0, 0.05) is 36.9 Å². The summed E-state index contributed by atoms with van der Waals surface area (Å²) in [6, 6.07) is 58.1. The third-order valence-electron chi connectivity index (χ3n) is 9.51. The van der Waals surface area contributed by atoms with Gasteiger partial charge in [-0.2, -0.15) is 0 Å². The summed E-state index contributed by atoms with van der Waals surface area (Å²) >= 11 is 1.79. The zero-order valence-corrected chi connectivity index (χ0v) is 27.2. The van der Waals surface area contributed by atoms with Crippen LogP contribution in [0.3, 0.4) is 0 Å². The highest BCUT2D eigenvalue weighted by Gasteiger charge is 2.18. The van der Waals surface area contributed by atoms with Crippen molar-refractivity contribution in [3.63, 3.8) is 0 Å². The van der Waals surface area contributed by atoms with Gasteiger partial charge < -0.3 is 0 Å². The summed E-state index contributed by atoms with van der Waals surface area (Å²) in [5.74, 6) is 2.00. The molecule has 0 aliphatic heterocycles. The molecule has 0 radical (unpaired) electrons. The Morgan fingerprint density at radius 3 is 1.61 bits per heavy atom. The lowest BCUT2D eigenvalue weighted by atomic mass is 9.96. The Morgan fingerprint density at radius 1 is 0.327 bits per heavy atom. The molecule has 4 heteroatoms. The van der Waals surface area contributed by atoms with Gasteiger partial charge in [0.05, 0.1) is 0 Å². The van der Waals surface area contributed by atoms with E-state index < -0.39 is 0 Å². The van der Waals surface area contributed by atoms with E-state index in [1.807, 2.05) is 0 Å². The summed E-state index contributed by atoms with van der Waals surface area (Å²) in [6.07, 6.45) is 0. The molecule has 10 aromatic rings. The molecule has 0 fully saturated rings. The van der Waals surface area contributed by atoms with E-state index in [1.54, 1.807) is 11.3 Å². The molecule has 10 rings (SSSR count). The van der Waals surface area contributed by atoms with Crippen molar-refractivity contribution in [3.05, 3.63) is 164 Å². The number of hydrogen-bond donors (Lipinski definition) is 0. The topological polar surface area (TPSA) is 38.7 Å². The van der Waals surface area contributed by atoms with Crippen LogP contribution >= 0.6 is 11.3 Å². The van der Waals surface area contributed by atoms with E-state index in [4.69, 9.17) is 15.0 Å². The normalized spacial score (nSPS) is 11.7. The Kier molecular flexibility index (Phi) is 6.36. The minimum absolute atomic E-state index is 0.658. The van der Waals surface area contributed by atoms with Crippen molar-refractivity contribution in [2.45, 2.75) is 0 Å². The molecular weight excluding hydrogens is 615 g/mol. The van der Waals surface area contributed by atoms with Crippen molar-refractivity contribution in [2.75, 3.05) is 0 Å². The molecule has 0 saturated heterocycles. The average molecular weight is 642 g/mol. The maximum atomic E-state index is 5.19. The zero-order valence-electron chi connectivity index (χ0n) is 26.3. The van der Waals surface area contributed by atoms with Gasteiger partial charge in [-0.25, -0.2) is 15.0 Å². The van der Waals surface area contributed by atoms with Gasteiger partial charge in [-0.05, 0) is 67.7 Å². The molecule has 0 saturated carbocycles. The second-order valence-electron chi connectivity index (χ2n) is 12.4. The predicted octanol–water partition coefficient (Wildman–Crippen LogP) is 12.4. The first-order valence-corrected chi connectivity index (χ1v) is 17.3. The van der Waals surface area contributed by atoms with Crippen molar-refractivity contribution in [2.24, 2.45) is 0 Å². The molecule has 0 aliphatic rings. The second-order valence-corrected chi connectivity index (χ2v) is 13.5. The summed E-state index contributed by atoms with van der Waals surface area (Å²) in [5.41, 5.74) is 5.41. The lowest BCUT2D eigenvalue weighted by molar-refractivity contribution is 1.08. The van der Waals surface area contributed by atoms with E-state index >= 15 is 0 Å². The van der Waals surface area contributed by atoms with Crippen molar-refractivity contribution in [1.29, 1.82) is 0 Å². The SMILES string of the molecule is c1ccc2c(-c3ccc4cc(-c5nc(-c6cccc7ccccc67)nc(-c6cccc7c6sc6ccccc67)n5)ccc4c3)cccc2c1. The van der Waals surface area contributed by atoms with Crippen LogP contribution in [0, 0.1) is 0 Å². The molecule has 0 aliphatic carbocycles. The minimum atomic E-state index is 0.658. The molecule has 2 aromatic heterocycles. The van der Waals surface area contributed by atoms with Crippen LogP contribution in [0.25, 0.3) is 97.8 Å². The van der Waals surface area contributed by atoms with Crippen LogP contribution in [0.5, 0.6) is 0 Å². The van der Waals surface area contributed by atoms with Crippen LogP contribution in [0.1, 0.15) is 0 Å². The standard InChI is InChI=1S/C45H27N3S/c1-3-14-34-28(10-1)12-7-17-36(34)32-24-22-31-27-33(25-23-30(31)26-32)43-46-44(39-19-8-13-29-11-2-4-15-35(29)39)48-45(47-43)40-20-9-18-38-37-16-5-6-21-41(37)49-42(38)40/h1-27H. The molecule has 0 atom stereocenters. The van der Waals surface area contributed by atoms with Gasteiger partial charge in [-0.15, -0.1) is 11.3 Å². The highest BCUT2D eigenvalue weighted by atomic mass is 32.1. The van der Waals surface area contributed by atoms with Crippen LogP contribution < -0.4 is 0 Å². The highest BCUT2D eigenvalue weighted by Crippen LogP contribution is 2.40. The third kappa shape index (κ3) is 4.68. The largest absolute Gasteiger partial charge is 0.208 e. The number of nitrogens with zero attached hydrogens (tertiary/aromatic N) is 3. The number of thiophene rings is 1. The molecular formula is C45H27N3S. The van der Waals surface area contributed by atoms with Gasteiger partial charge in [0.2, 0.25) is 0 Å². The number of fused-ring (bicyclic) bond motifs is 6. The fraction of sp³-hybridized carbons (Fsp3) is 0.